The SMILES string of the molecule is Oc1nc2nonc2nc1Nc1cccc(-c2ccc(OC(F)F)cc2)c1. The van der Waals surface area contributed by atoms with Crippen LogP contribution in [0.4, 0.5) is 20.3 Å². The van der Waals surface area contributed by atoms with Crippen molar-refractivity contribution in [3.63, 3.8) is 0 Å². The lowest BCUT2D eigenvalue weighted by Gasteiger charge is -2.09. The molecular weight excluding hydrogens is 360 g/mol. The molecular formula is C17H11F2N5O3. The van der Waals surface area contributed by atoms with Gasteiger partial charge in [0.25, 0.3) is 5.88 Å². The van der Waals surface area contributed by atoms with Crippen LogP contribution in [-0.4, -0.2) is 32.0 Å². The van der Waals surface area contributed by atoms with Crippen molar-refractivity contribution in [2.24, 2.45) is 0 Å². The van der Waals surface area contributed by atoms with Gasteiger partial charge in [0.15, 0.2) is 5.82 Å². The molecule has 0 atom stereocenters. The van der Waals surface area contributed by atoms with E-state index in [-0.39, 0.29) is 28.7 Å². The Kier molecular flexibility index (Phi) is 4.21. The highest BCUT2D eigenvalue weighted by Gasteiger charge is 2.12. The minimum Gasteiger partial charge on any atom is -0.491 e. The van der Waals surface area contributed by atoms with Gasteiger partial charge in [-0.05, 0) is 45.7 Å². The first-order valence-corrected chi connectivity index (χ1v) is 7.70. The number of aromatic nitrogens is 4. The molecule has 0 amide bonds. The van der Waals surface area contributed by atoms with E-state index in [0.29, 0.717) is 5.69 Å². The molecule has 0 spiro atoms. The summed E-state index contributed by atoms with van der Waals surface area (Å²) in [5, 5.41) is 20.0. The molecule has 2 aromatic heterocycles. The van der Waals surface area contributed by atoms with Crippen molar-refractivity contribution in [1.82, 2.24) is 20.3 Å². The fourth-order valence-corrected chi connectivity index (χ4v) is 2.46. The first kappa shape index (κ1) is 16.6. The molecule has 2 aromatic carbocycles. The summed E-state index contributed by atoms with van der Waals surface area (Å²) in [5.41, 5.74) is 2.49. The van der Waals surface area contributed by atoms with Gasteiger partial charge in [-0.1, -0.05) is 24.3 Å². The quantitative estimate of drug-likeness (QED) is 0.547. The van der Waals surface area contributed by atoms with Crippen LogP contribution in [0.5, 0.6) is 11.6 Å². The highest BCUT2D eigenvalue weighted by atomic mass is 19.3. The van der Waals surface area contributed by atoms with Crippen LogP contribution in [0.1, 0.15) is 0 Å². The first-order valence-electron chi connectivity index (χ1n) is 7.70. The predicted octanol–water partition coefficient (Wildman–Crippen LogP) is 3.73. The van der Waals surface area contributed by atoms with Gasteiger partial charge in [-0.2, -0.15) is 18.7 Å². The van der Waals surface area contributed by atoms with Crippen molar-refractivity contribution in [3.05, 3.63) is 48.5 Å². The van der Waals surface area contributed by atoms with Gasteiger partial charge in [0, 0.05) is 5.69 Å². The molecule has 4 aromatic rings. The molecule has 8 nitrogen and oxygen atoms in total. The van der Waals surface area contributed by atoms with Crippen LogP contribution >= 0.6 is 0 Å². The van der Waals surface area contributed by atoms with E-state index in [2.05, 4.69) is 35.0 Å². The van der Waals surface area contributed by atoms with Gasteiger partial charge in [0.2, 0.25) is 11.3 Å². The smallest absolute Gasteiger partial charge is 0.387 e. The van der Waals surface area contributed by atoms with E-state index >= 15 is 0 Å². The number of ether oxygens (including phenoxy) is 1. The summed E-state index contributed by atoms with van der Waals surface area (Å²) in [7, 11) is 0. The van der Waals surface area contributed by atoms with Gasteiger partial charge < -0.3 is 15.2 Å². The Morgan fingerprint density at radius 2 is 1.70 bits per heavy atom. The van der Waals surface area contributed by atoms with E-state index in [4.69, 9.17) is 0 Å². The molecule has 0 aliphatic heterocycles. The summed E-state index contributed by atoms with van der Waals surface area (Å²) >= 11 is 0. The zero-order chi connectivity index (χ0) is 18.8. The summed E-state index contributed by atoms with van der Waals surface area (Å²) in [6.45, 7) is -2.87. The standard InChI is InChI=1S/C17H11F2N5O3/c18-17(19)26-12-6-4-9(5-7-12)10-2-1-3-11(8-10)20-15-16(25)22-14-13(21-15)23-27-24-14/h1-8,17H,(H,20,21,23)(H,22,24,25). The van der Waals surface area contributed by atoms with E-state index in [1.54, 1.807) is 30.3 Å². The van der Waals surface area contributed by atoms with Crippen LogP contribution in [-0.2, 0) is 0 Å². The van der Waals surface area contributed by atoms with Crippen molar-refractivity contribution in [2.45, 2.75) is 6.61 Å². The largest absolute Gasteiger partial charge is 0.491 e. The third-order valence-corrected chi connectivity index (χ3v) is 3.63. The van der Waals surface area contributed by atoms with Crippen molar-refractivity contribution in [1.29, 1.82) is 0 Å². The molecule has 0 radical (unpaired) electrons. The summed E-state index contributed by atoms with van der Waals surface area (Å²) in [6, 6.07) is 13.5. The second-order valence-electron chi connectivity index (χ2n) is 5.42. The molecule has 10 heteroatoms. The molecule has 2 N–H and O–H groups in total. The number of benzene rings is 2. The number of hydrogen-bond donors (Lipinski definition) is 2. The van der Waals surface area contributed by atoms with Crippen LogP contribution in [0.2, 0.25) is 0 Å². The number of rotatable bonds is 5. The van der Waals surface area contributed by atoms with Gasteiger partial charge in [-0.15, -0.1) is 0 Å². The average molecular weight is 371 g/mol. The van der Waals surface area contributed by atoms with Gasteiger partial charge in [0.1, 0.15) is 5.75 Å². The van der Waals surface area contributed by atoms with Crippen LogP contribution in [0.25, 0.3) is 22.4 Å². The van der Waals surface area contributed by atoms with Gasteiger partial charge in [-0.3, -0.25) is 0 Å². The predicted molar refractivity (Wildman–Crippen MR) is 90.9 cm³/mol. The number of fused-ring (bicyclic) bond motifs is 1. The fourth-order valence-electron chi connectivity index (χ4n) is 2.46. The van der Waals surface area contributed by atoms with Crippen molar-refractivity contribution < 1.29 is 23.3 Å². The third kappa shape index (κ3) is 3.59. The molecule has 0 aliphatic carbocycles. The lowest BCUT2D eigenvalue weighted by Crippen LogP contribution is -2.01. The van der Waals surface area contributed by atoms with Crippen LogP contribution in [0, 0.1) is 0 Å². The topological polar surface area (TPSA) is 106 Å². The Bertz CT molecular complexity index is 1090. The maximum absolute atomic E-state index is 12.2. The van der Waals surface area contributed by atoms with Gasteiger partial charge in [0.05, 0.1) is 0 Å². The second-order valence-corrected chi connectivity index (χ2v) is 5.42. The third-order valence-electron chi connectivity index (χ3n) is 3.63. The summed E-state index contributed by atoms with van der Waals surface area (Å²) in [5.74, 6) is -0.175. The molecule has 0 fully saturated rings. The maximum atomic E-state index is 12.2. The highest BCUT2D eigenvalue weighted by molar-refractivity contribution is 5.74. The number of halogens is 2. The Hall–Kier alpha value is -3.82. The van der Waals surface area contributed by atoms with Crippen LogP contribution < -0.4 is 10.1 Å². The van der Waals surface area contributed by atoms with E-state index in [0.717, 1.165) is 11.1 Å². The van der Waals surface area contributed by atoms with Crippen LogP contribution in [0.15, 0.2) is 53.2 Å². The molecule has 0 unspecified atom stereocenters. The molecule has 2 heterocycles. The molecule has 27 heavy (non-hydrogen) atoms. The van der Waals surface area contributed by atoms with E-state index < -0.39 is 6.61 Å². The Labute approximate surface area is 150 Å². The first-order chi connectivity index (χ1) is 13.1. The van der Waals surface area contributed by atoms with Crippen molar-refractivity contribution in [2.75, 3.05) is 5.32 Å². The average Bonchev–Trinajstić information content (AvgIpc) is 3.09. The van der Waals surface area contributed by atoms with E-state index in [9.17, 15) is 13.9 Å². The molecule has 136 valence electrons. The number of anilines is 2. The number of hydrogen-bond acceptors (Lipinski definition) is 8. The van der Waals surface area contributed by atoms with Gasteiger partial charge >= 0.3 is 6.61 Å². The van der Waals surface area contributed by atoms with Crippen LogP contribution in [0.3, 0.4) is 0 Å². The van der Waals surface area contributed by atoms with Gasteiger partial charge in [-0.25, -0.2) is 4.63 Å². The van der Waals surface area contributed by atoms with E-state index in [1.165, 1.54) is 12.1 Å². The molecule has 0 saturated carbocycles. The zero-order valence-electron chi connectivity index (χ0n) is 13.5. The van der Waals surface area contributed by atoms with Crippen molar-refractivity contribution >= 4 is 22.8 Å². The maximum Gasteiger partial charge on any atom is 0.387 e. The fraction of sp³-hybridized carbons (Fsp3) is 0.0588. The number of nitrogens with zero attached hydrogens (tertiary/aromatic N) is 4. The summed E-state index contributed by atoms with van der Waals surface area (Å²) in [4.78, 5) is 7.93. The van der Waals surface area contributed by atoms with Crippen molar-refractivity contribution in [3.8, 4) is 22.8 Å². The number of aromatic hydroxyl groups is 1. The molecule has 0 aliphatic rings. The summed E-state index contributed by atoms with van der Waals surface area (Å²) in [6.07, 6.45) is 0. The minimum absolute atomic E-state index is 0.0813. The number of alkyl halides is 2. The normalized spacial score (nSPS) is 11.1. The Morgan fingerprint density at radius 3 is 2.44 bits per heavy atom. The number of nitrogens with one attached hydrogen (secondary N) is 1. The monoisotopic (exact) mass is 371 g/mol. The van der Waals surface area contributed by atoms with E-state index in [1.807, 2.05) is 6.07 Å². The molecule has 0 saturated heterocycles. The lowest BCUT2D eigenvalue weighted by atomic mass is 10.1. The second kappa shape index (κ2) is 6.83. The Balaban J connectivity index is 1.59. The summed E-state index contributed by atoms with van der Waals surface area (Å²) < 4.78 is 33.3. The highest BCUT2D eigenvalue weighted by Crippen LogP contribution is 2.28. The zero-order valence-corrected chi connectivity index (χ0v) is 13.5. The Morgan fingerprint density at radius 1 is 0.963 bits per heavy atom. The molecule has 0 bridgehead atoms. The molecule has 4 rings (SSSR count). The minimum atomic E-state index is -2.87. The lowest BCUT2D eigenvalue weighted by molar-refractivity contribution is -0.0498.